The number of halogens is 2. The summed E-state index contributed by atoms with van der Waals surface area (Å²) in [5.74, 6) is 2.32. The monoisotopic (exact) mass is 626 g/mol. The van der Waals surface area contributed by atoms with Gasteiger partial charge in [0.25, 0.3) is 5.91 Å². The number of amides is 1. The Balaban J connectivity index is 1.13. The van der Waals surface area contributed by atoms with Crippen LogP contribution in [-0.4, -0.2) is 63.8 Å². The molecule has 5 aromatic rings. The minimum Gasteiger partial charge on any atom is -0.497 e. The van der Waals surface area contributed by atoms with Gasteiger partial charge in [-0.1, -0.05) is 35.0 Å². The second kappa shape index (κ2) is 12.2. The van der Waals surface area contributed by atoms with Gasteiger partial charge in [-0.25, -0.2) is 4.98 Å². The number of furan rings is 1. The number of ether oxygens (including phenoxy) is 1. The summed E-state index contributed by atoms with van der Waals surface area (Å²) in [6, 6.07) is 16.8. The van der Waals surface area contributed by atoms with Crippen LogP contribution < -0.4 is 9.64 Å². The summed E-state index contributed by atoms with van der Waals surface area (Å²) < 4.78 is 12.7. The molecule has 0 saturated carbocycles. The molecule has 210 valence electrons. The van der Waals surface area contributed by atoms with Crippen molar-refractivity contribution in [3.63, 3.8) is 0 Å². The van der Waals surface area contributed by atoms with Crippen molar-refractivity contribution in [2.24, 2.45) is 0 Å². The second-order valence-electron chi connectivity index (χ2n) is 9.11. The third-order valence-electron chi connectivity index (χ3n) is 6.62. The maximum atomic E-state index is 13.2. The first kappa shape index (κ1) is 27.6. The summed E-state index contributed by atoms with van der Waals surface area (Å²) >= 11 is 15.7. The number of methoxy groups -OCH3 is 1. The smallest absolute Gasteiger partial charge is 0.273 e. The van der Waals surface area contributed by atoms with Crippen LogP contribution in [0.1, 0.15) is 15.5 Å². The highest BCUT2D eigenvalue weighted by molar-refractivity contribution is 7.98. The van der Waals surface area contributed by atoms with Gasteiger partial charge in [-0.15, -0.1) is 21.5 Å². The molecule has 0 spiro atoms. The molecule has 0 bridgehead atoms. The van der Waals surface area contributed by atoms with Crippen LogP contribution in [0.2, 0.25) is 10.0 Å². The molecule has 3 aromatic heterocycles. The van der Waals surface area contributed by atoms with Gasteiger partial charge in [-0.05, 0) is 54.6 Å². The van der Waals surface area contributed by atoms with E-state index in [1.807, 2.05) is 45.2 Å². The Bertz CT molecular complexity index is 1650. The van der Waals surface area contributed by atoms with E-state index in [4.69, 9.17) is 32.4 Å². The SMILES string of the molecule is COc1ccc(N2CCN(C(=O)c3csc(CSc4nnc(-c5ccco5)n4-c4cc(Cl)ccc4Cl)n3)CC2)cc1. The van der Waals surface area contributed by atoms with Crippen LogP contribution in [0.25, 0.3) is 17.3 Å². The van der Waals surface area contributed by atoms with Crippen LogP contribution in [0.5, 0.6) is 5.75 Å². The van der Waals surface area contributed by atoms with Gasteiger partial charge in [0.2, 0.25) is 5.82 Å². The Morgan fingerprint density at radius 2 is 1.88 bits per heavy atom. The average molecular weight is 628 g/mol. The first-order valence-corrected chi connectivity index (χ1v) is 15.3. The molecule has 4 heterocycles. The van der Waals surface area contributed by atoms with E-state index in [0.29, 0.717) is 57.0 Å². The molecule has 1 fully saturated rings. The fraction of sp³-hybridized carbons (Fsp3) is 0.214. The van der Waals surface area contributed by atoms with Crippen LogP contribution in [0.3, 0.4) is 0 Å². The van der Waals surface area contributed by atoms with Gasteiger partial charge < -0.3 is 19.0 Å². The van der Waals surface area contributed by atoms with Crippen LogP contribution >= 0.6 is 46.3 Å². The number of hydrogen-bond donors (Lipinski definition) is 0. The van der Waals surface area contributed by atoms with Crippen molar-refractivity contribution in [1.29, 1.82) is 0 Å². The summed E-state index contributed by atoms with van der Waals surface area (Å²) in [6.07, 6.45) is 1.58. The molecule has 41 heavy (non-hydrogen) atoms. The number of anilines is 1. The van der Waals surface area contributed by atoms with E-state index in [9.17, 15) is 4.79 Å². The number of benzene rings is 2. The maximum absolute atomic E-state index is 13.2. The molecule has 2 aromatic carbocycles. The van der Waals surface area contributed by atoms with E-state index >= 15 is 0 Å². The molecule has 0 unspecified atom stereocenters. The molecule has 0 atom stereocenters. The number of nitrogens with zero attached hydrogens (tertiary/aromatic N) is 6. The molecule has 0 N–H and O–H groups in total. The highest BCUT2D eigenvalue weighted by atomic mass is 35.5. The molecule has 1 aliphatic heterocycles. The second-order valence-corrected chi connectivity index (χ2v) is 11.8. The van der Waals surface area contributed by atoms with E-state index < -0.39 is 0 Å². The molecule has 0 aliphatic carbocycles. The molecule has 6 rings (SSSR count). The predicted octanol–water partition coefficient (Wildman–Crippen LogP) is 6.55. The Labute approximate surface area is 254 Å². The molecule has 9 nitrogen and oxygen atoms in total. The first-order valence-electron chi connectivity index (χ1n) is 12.7. The Morgan fingerprint density at radius 1 is 1.07 bits per heavy atom. The summed E-state index contributed by atoms with van der Waals surface area (Å²) in [4.78, 5) is 22.0. The van der Waals surface area contributed by atoms with Gasteiger partial charge in [0, 0.05) is 42.3 Å². The summed E-state index contributed by atoms with van der Waals surface area (Å²) in [7, 11) is 1.66. The third-order valence-corrected chi connectivity index (χ3v) is 9.15. The summed E-state index contributed by atoms with van der Waals surface area (Å²) in [5.41, 5.74) is 2.22. The number of rotatable bonds is 8. The lowest BCUT2D eigenvalue weighted by Gasteiger charge is -2.35. The number of hydrogen-bond acceptors (Lipinski definition) is 9. The normalized spacial score (nSPS) is 13.5. The van der Waals surface area contributed by atoms with Crippen LogP contribution in [-0.2, 0) is 5.75 Å². The quantitative estimate of drug-likeness (QED) is 0.179. The maximum Gasteiger partial charge on any atom is 0.273 e. The Morgan fingerprint density at radius 3 is 2.61 bits per heavy atom. The lowest BCUT2D eigenvalue weighted by molar-refractivity contribution is 0.0741. The van der Waals surface area contributed by atoms with Gasteiger partial charge in [-0.3, -0.25) is 9.36 Å². The summed E-state index contributed by atoms with van der Waals surface area (Å²) in [6.45, 7) is 2.77. The van der Waals surface area contributed by atoms with Gasteiger partial charge in [0.05, 0.1) is 29.8 Å². The molecule has 1 aliphatic rings. The number of aromatic nitrogens is 4. The fourth-order valence-corrected chi connectivity index (χ4v) is 6.63. The Hall–Kier alpha value is -3.51. The van der Waals surface area contributed by atoms with Crippen molar-refractivity contribution < 1.29 is 13.9 Å². The van der Waals surface area contributed by atoms with Gasteiger partial charge >= 0.3 is 0 Å². The molecular weight excluding hydrogens is 603 g/mol. The minimum absolute atomic E-state index is 0.0548. The van der Waals surface area contributed by atoms with Crippen molar-refractivity contribution in [1.82, 2.24) is 24.6 Å². The largest absolute Gasteiger partial charge is 0.497 e. The van der Waals surface area contributed by atoms with E-state index in [-0.39, 0.29) is 5.91 Å². The highest BCUT2D eigenvalue weighted by Gasteiger charge is 2.25. The molecule has 1 amide bonds. The fourth-order valence-electron chi connectivity index (χ4n) is 4.53. The van der Waals surface area contributed by atoms with Crippen molar-refractivity contribution in [3.8, 4) is 23.0 Å². The average Bonchev–Trinajstić information content (AvgIpc) is 3.78. The van der Waals surface area contributed by atoms with Crippen LogP contribution in [0.4, 0.5) is 5.69 Å². The van der Waals surface area contributed by atoms with E-state index in [1.54, 1.807) is 37.6 Å². The van der Waals surface area contributed by atoms with E-state index in [0.717, 1.165) is 29.5 Å². The molecular formula is C28H24Cl2N6O3S2. The Kier molecular flexibility index (Phi) is 8.20. The zero-order valence-corrected chi connectivity index (χ0v) is 25.0. The lowest BCUT2D eigenvalue weighted by Crippen LogP contribution is -2.48. The molecule has 1 saturated heterocycles. The zero-order valence-electron chi connectivity index (χ0n) is 21.9. The topological polar surface area (TPSA) is 89.5 Å². The van der Waals surface area contributed by atoms with E-state index in [1.165, 1.54) is 23.1 Å². The molecule has 0 radical (unpaired) electrons. The van der Waals surface area contributed by atoms with Crippen molar-refractivity contribution >= 4 is 57.9 Å². The number of carbonyl (C=O) groups is 1. The highest BCUT2D eigenvalue weighted by Crippen LogP contribution is 2.34. The van der Waals surface area contributed by atoms with Gasteiger partial charge in [0.1, 0.15) is 16.5 Å². The standard InChI is InChI=1S/C28H24Cl2N6O3S2/c1-38-20-7-5-19(6-8-20)34-10-12-35(13-11-34)27(37)22-16-40-25(31-22)17-41-28-33-32-26(24-3-2-14-39-24)36(28)23-15-18(29)4-9-21(23)30/h2-9,14-16H,10-13,17H2,1H3. The first-order chi connectivity index (χ1) is 20.0. The lowest BCUT2D eigenvalue weighted by atomic mass is 10.2. The molecule has 13 heteroatoms. The van der Waals surface area contributed by atoms with Crippen molar-refractivity contribution in [2.75, 3.05) is 38.2 Å². The zero-order chi connectivity index (χ0) is 28.3. The number of piperazine rings is 1. The summed E-state index contributed by atoms with van der Waals surface area (Å²) in [5, 5.41) is 13.0. The van der Waals surface area contributed by atoms with Gasteiger partial charge in [0.15, 0.2) is 10.9 Å². The van der Waals surface area contributed by atoms with Crippen LogP contribution in [0, 0.1) is 0 Å². The minimum atomic E-state index is -0.0548. The predicted molar refractivity (Wildman–Crippen MR) is 162 cm³/mol. The van der Waals surface area contributed by atoms with Crippen molar-refractivity contribution in [3.05, 3.63) is 87.0 Å². The van der Waals surface area contributed by atoms with Crippen molar-refractivity contribution in [2.45, 2.75) is 10.9 Å². The third kappa shape index (κ3) is 5.94. The van der Waals surface area contributed by atoms with Gasteiger partial charge in [-0.2, -0.15) is 0 Å². The van der Waals surface area contributed by atoms with Crippen LogP contribution in [0.15, 0.2) is 75.8 Å². The van der Waals surface area contributed by atoms with E-state index in [2.05, 4.69) is 20.1 Å². The number of thiazole rings is 1. The number of carbonyl (C=O) groups excluding carboxylic acids is 1. The number of thioether (sulfide) groups is 1.